The Morgan fingerprint density at radius 2 is 1.82 bits per heavy atom. The number of aryl methyl sites for hydroxylation is 1. The first-order chi connectivity index (χ1) is 13.8. The summed E-state index contributed by atoms with van der Waals surface area (Å²) in [5.41, 5.74) is 4.30. The number of pyridine rings is 1. The van der Waals surface area contributed by atoms with Gasteiger partial charge >= 0.3 is 0 Å². The molecule has 4 rings (SSSR count). The predicted molar refractivity (Wildman–Crippen MR) is 114 cm³/mol. The van der Waals surface area contributed by atoms with Crippen molar-refractivity contribution in [3.63, 3.8) is 0 Å². The Morgan fingerprint density at radius 3 is 2.57 bits per heavy atom. The van der Waals surface area contributed by atoms with Crippen molar-refractivity contribution >= 4 is 23.1 Å². The van der Waals surface area contributed by atoms with Crippen LogP contribution < -0.4 is 15.5 Å². The van der Waals surface area contributed by atoms with Crippen molar-refractivity contribution in [1.82, 2.24) is 15.0 Å². The SMILES string of the molecule is Cc1cc(NCc2cccnc2)nc(Nc2ccc(N3CCCCC3)cc2)n1. The van der Waals surface area contributed by atoms with Crippen molar-refractivity contribution in [2.75, 3.05) is 28.6 Å². The minimum atomic E-state index is 0.597. The van der Waals surface area contributed by atoms with Crippen LogP contribution in [0.3, 0.4) is 0 Å². The Kier molecular flexibility index (Phi) is 5.66. The third-order valence-electron chi connectivity index (χ3n) is 4.90. The molecule has 0 spiro atoms. The molecule has 1 aliphatic rings. The molecule has 3 heterocycles. The molecule has 0 amide bonds. The number of benzene rings is 1. The standard InChI is InChI=1S/C22H26N6/c1-17-14-21(24-16-18-6-5-11-23-15-18)27-22(25-17)26-19-7-9-20(10-8-19)28-12-3-2-4-13-28/h5-11,14-15H,2-4,12-13,16H2,1H3,(H2,24,25,26,27). The fourth-order valence-electron chi connectivity index (χ4n) is 3.45. The average molecular weight is 374 g/mol. The minimum Gasteiger partial charge on any atom is -0.372 e. The second kappa shape index (κ2) is 8.69. The Balaban J connectivity index is 1.41. The van der Waals surface area contributed by atoms with Gasteiger partial charge in [0.1, 0.15) is 5.82 Å². The molecular formula is C22H26N6. The van der Waals surface area contributed by atoms with E-state index in [0.717, 1.165) is 35.9 Å². The summed E-state index contributed by atoms with van der Waals surface area (Å²) in [6.45, 7) is 4.95. The zero-order chi connectivity index (χ0) is 19.2. The lowest BCUT2D eigenvalue weighted by molar-refractivity contribution is 0.578. The van der Waals surface area contributed by atoms with Crippen LogP contribution in [0.25, 0.3) is 0 Å². The van der Waals surface area contributed by atoms with Gasteiger partial charge in [-0.2, -0.15) is 4.98 Å². The molecule has 6 heteroatoms. The molecule has 1 fully saturated rings. The summed E-state index contributed by atoms with van der Waals surface area (Å²) >= 11 is 0. The van der Waals surface area contributed by atoms with Crippen LogP contribution in [0.1, 0.15) is 30.5 Å². The summed E-state index contributed by atoms with van der Waals surface area (Å²) in [6.07, 6.45) is 7.54. The molecule has 0 bridgehead atoms. The van der Waals surface area contributed by atoms with E-state index in [-0.39, 0.29) is 0 Å². The van der Waals surface area contributed by atoms with E-state index in [0.29, 0.717) is 12.5 Å². The molecule has 0 saturated carbocycles. The van der Waals surface area contributed by atoms with Crippen LogP contribution in [0.5, 0.6) is 0 Å². The summed E-state index contributed by atoms with van der Waals surface area (Å²) in [7, 11) is 0. The zero-order valence-electron chi connectivity index (χ0n) is 16.2. The first-order valence-electron chi connectivity index (χ1n) is 9.87. The third-order valence-corrected chi connectivity index (χ3v) is 4.90. The lowest BCUT2D eigenvalue weighted by Crippen LogP contribution is -2.29. The van der Waals surface area contributed by atoms with E-state index in [1.165, 1.54) is 24.9 Å². The number of aromatic nitrogens is 3. The third kappa shape index (κ3) is 4.76. The summed E-state index contributed by atoms with van der Waals surface area (Å²) < 4.78 is 0. The van der Waals surface area contributed by atoms with Crippen molar-refractivity contribution in [2.24, 2.45) is 0 Å². The van der Waals surface area contributed by atoms with Crippen LogP contribution in [-0.2, 0) is 6.54 Å². The summed E-state index contributed by atoms with van der Waals surface area (Å²) in [6, 6.07) is 14.5. The highest BCUT2D eigenvalue weighted by molar-refractivity contribution is 5.60. The number of piperidine rings is 1. The highest BCUT2D eigenvalue weighted by Crippen LogP contribution is 2.23. The lowest BCUT2D eigenvalue weighted by atomic mass is 10.1. The van der Waals surface area contributed by atoms with Crippen molar-refractivity contribution in [2.45, 2.75) is 32.7 Å². The molecule has 0 unspecified atom stereocenters. The van der Waals surface area contributed by atoms with E-state index in [1.54, 1.807) is 6.20 Å². The molecule has 1 aromatic carbocycles. The van der Waals surface area contributed by atoms with E-state index in [2.05, 4.69) is 54.8 Å². The number of anilines is 4. The van der Waals surface area contributed by atoms with Gasteiger partial charge in [0.05, 0.1) is 0 Å². The van der Waals surface area contributed by atoms with Crippen molar-refractivity contribution < 1.29 is 0 Å². The van der Waals surface area contributed by atoms with E-state index in [1.807, 2.05) is 31.3 Å². The highest BCUT2D eigenvalue weighted by Gasteiger charge is 2.11. The number of rotatable bonds is 6. The number of nitrogens with one attached hydrogen (secondary N) is 2. The molecule has 1 aliphatic heterocycles. The zero-order valence-corrected chi connectivity index (χ0v) is 16.2. The largest absolute Gasteiger partial charge is 0.372 e. The molecule has 1 saturated heterocycles. The Morgan fingerprint density at radius 1 is 1.00 bits per heavy atom. The number of hydrogen-bond acceptors (Lipinski definition) is 6. The van der Waals surface area contributed by atoms with Crippen LogP contribution in [0.2, 0.25) is 0 Å². The lowest BCUT2D eigenvalue weighted by Gasteiger charge is -2.28. The van der Waals surface area contributed by atoms with Gasteiger partial charge in [0.25, 0.3) is 0 Å². The van der Waals surface area contributed by atoms with Gasteiger partial charge in [-0.3, -0.25) is 4.98 Å². The first-order valence-corrected chi connectivity index (χ1v) is 9.87. The van der Waals surface area contributed by atoms with E-state index in [9.17, 15) is 0 Å². The number of hydrogen-bond donors (Lipinski definition) is 2. The van der Waals surface area contributed by atoms with Crippen LogP contribution in [0.15, 0.2) is 54.9 Å². The molecule has 6 nitrogen and oxygen atoms in total. The maximum absolute atomic E-state index is 4.59. The Labute approximate surface area is 166 Å². The van der Waals surface area contributed by atoms with Gasteiger partial charge in [-0.25, -0.2) is 4.98 Å². The Hall–Kier alpha value is -3.15. The number of nitrogens with zero attached hydrogens (tertiary/aromatic N) is 4. The summed E-state index contributed by atoms with van der Waals surface area (Å²) in [5, 5.41) is 6.66. The van der Waals surface area contributed by atoms with Crippen LogP contribution in [0.4, 0.5) is 23.1 Å². The molecule has 0 aliphatic carbocycles. The minimum absolute atomic E-state index is 0.597. The second-order valence-electron chi connectivity index (χ2n) is 7.15. The van der Waals surface area contributed by atoms with Crippen molar-refractivity contribution in [3.8, 4) is 0 Å². The summed E-state index contributed by atoms with van der Waals surface area (Å²) in [4.78, 5) is 15.7. The predicted octanol–water partition coefficient (Wildman–Crippen LogP) is 4.53. The molecule has 0 radical (unpaired) electrons. The van der Waals surface area contributed by atoms with E-state index >= 15 is 0 Å². The van der Waals surface area contributed by atoms with Gasteiger partial charge < -0.3 is 15.5 Å². The molecule has 0 atom stereocenters. The normalized spacial score (nSPS) is 14.0. The maximum Gasteiger partial charge on any atom is 0.229 e. The quantitative estimate of drug-likeness (QED) is 0.661. The highest BCUT2D eigenvalue weighted by atomic mass is 15.1. The van der Waals surface area contributed by atoms with Gasteiger partial charge in [-0.1, -0.05) is 6.07 Å². The van der Waals surface area contributed by atoms with Gasteiger partial charge in [0.2, 0.25) is 5.95 Å². The molecule has 2 N–H and O–H groups in total. The molecule has 3 aromatic rings. The molecular weight excluding hydrogens is 348 g/mol. The first kappa shape index (κ1) is 18.2. The van der Waals surface area contributed by atoms with Crippen LogP contribution in [-0.4, -0.2) is 28.0 Å². The molecule has 2 aromatic heterocycles. The fraction of sp³-hybridized carbons (Fsp3) is 0.318. The van der Waals surface area contributed by atoms with Crippen molar-refractivity contribution in [3.05, 3.63) is 66.1 Å². The van der Waals surface area contributed by atoms with Gasteiger partial charge in [0.15, 0.2) is 0 Å². The van der Waals surface area contributed by atoms with Crippen LogP contribution in [0, 0.1) is 6.92 Å². The van der Waals surface area contributed by atoms with E-state index in [4.69, 9.17) is 0 Å². The van der Waals surface area contributed by atoms with Crippen molar-refractivity contribution in [1.29, 1.82) is 0 Å². The van der Waals surface area contributed by atoms with Gasteiger partial charge in [-0.05, 0) is 62.1 Å². The monoisotopic (exact) mass is 374 g/mol. The smallest absolute Gasteiger partial charge is 0.229 e. The van der Waals surface area contributed by atoms with Gasteiger partial charge in [0, 0.05) is 55.2 Å². The summed E-state index contributed by atoms with van der Waals surface area (Å²) in [5.74, 6) is 1.39. The molecule has 28 heavy (non-hydrogen) atoms. The van der Waals surface area contributed by atoms with Crippen LogP contribution >= 0.6 is 0 Å². The van der Waals surface area contributed by atoms with Gasteiger partial charge in [-0.15, -0.1) is 0 Å². The Bertz CT molecular complexity index is 889. The van der Waals surface area contributed by atoms with E-state index < -0.39 is 0 Å². The maximum atomic E-state index is 4.59. The second-order valence-corrected chi connectivity index (χ2v) is 7.15. The molecule has 144 valence electrons. The average Bonchev–Trinajstić information content (AvgIpc) is 2.74. The fourth-order valence-corrected chi connectivity index (χ4v) is 3.45. The topological polar surface area (TPSA) is 66.0 Å².